The molecule has 3 amide bonds. The van der Waals surface area contributed by atoms with E-state index in [0.717, 1.165) is 25.9 Å². The number of carbonyl (C=O) groups excluding carboxylic acids is 2. The van der Waals surface area contributed by atoms with E-state index in [1.807, 2.05) is 0 Å². The maximum atomic E-state index is 11.6. The predicted octanol–water partition coefficient (Wildman–Crippen LogP) is 1.02. The number of ether oxygens (including phenoxy) is 1. The molecule has 1 atom stereocenters. The van der Waals surface area contributed by atoms with Crippen LogP contribution in [-0.2, 0) is 9.53 Å². The first-order valence-electron chi connectivity index (χ1n) is 7.01. The quantitative estimate of drug-likeness (QED) is 0.519. The number of urea groups is 1. The van der Waals surface area contributed by atoms with Gasteiger partial charge in [0, 0.05) is 19.8 Å². The van der Waals surface area contributed by atoms with Gasteiger partial charge in [-0.3, -0.25) is 10.1 Å². The van der Waals surface area contributed by atoms with E-state index in [1.165, 1.54) is 0 Å². The average molecular weight is 273 g/mol. The van der Waals surface area contributed by atoms with Crippen LogP contribution in [-0.4, -0.2) is 44.3 Å². The van der Waals surface area contributed by atoms with Crippen LogP contribution in [0.3, 0.4) is 0 Å². The minimum atomic E-state index is -0.455. The fourth-order valence-corrected chi connectivity index (χ4v) is 1.36. The number of rotatable bonds is 10. The lowest BCUT2D eigenvalue weighted by atomic mass is 10.3. The SMILES string of the molecule is CCCCOCCCNC(C)C(=O)NC(=O)NCC. The van der Waals surface area contributed by atoms with Crippen LogP contribution >= 0.6 is 0 Å². The molecule has 6 heteroatoms. The molecule has 0 saturated heterocycles. The fourth-order valence-electron chi connectivity index (χ4n) is 1.36. The Balaban J connectivity index is 3.54. The molecule has 0 aromatic carbocycles. The Morgan fingerprint density at radius 1 is 1.16 bits per heavy atom. The van der Waals surface area contributed by atoms with Crippen LogP contribution in [0.2, 0.25) is 0 Å². The molecular weight excluding hydrogens is 246 g/mol. The van der Waals surface area contributed by atoms with Gasteiger partial charge >= 0.3 is 6.03 Å². The standard InChI is InChI=1S/C13H27N3O3/c1-4-6-9-19-10-7-8-15-11(3)12(17)16-13(18)14-5-2/h11,15H,4-10H2,1-3H3,(H2,14,16,17,18). The molecule has 0 aliphatic carbocycles. The van der Waals surface area contributed by atoms with E-state index in [0.29, 0.717) is 19.7 Å². The van der Waals surface area contributed by atoms with Gasteiger partial charge in [0.15, 0.2) is 0 Å². The molecule has 0 radical (unpaired) electrons. The third kappa shape index (κ3) is 10.5. The number of nitrogens with one attached hydrogen (secondary N) is 3. The molecule has 0 aromatic rings. The van der Waals surface area contributed by atoms with Crippen molar-refractivity contribution in [1.29, 1.82) is 0 Å². The second kappa shape index (κ2) is 11.9. The van der Waals surface area contributed by atoms with E-state index in [2.05, 4.69) is 22.9 Å². The van der Waals surface area contributed by atoms with Gasteiger partial charge in [0.1, 0.15) is 0 Å². The van der Waals surface area contributed by atoms with Gasteiger partial charge in [-0.05, 0) is 33.2 Å². The minimum Gasteiger partial charge on any atom is -0.381 e. The first-order valence-corrected chi connectivity index (χ1v) is 7.01. The van der Waals surface area contributed by atoms with Gasteiger partial charge in [0.05, 0.1) is 6.04 Å². The maximum Gasteiger partial charge on any atom is 0.321 e. The topological polar surface area (TPSA) is 79.5 Å². The van der Waals surface area contributed by atoms with E-state index in [9.17, 15) is 9.59 Å². The first kappa shape index (κ1) is 17.9. The zero-order valence-electron chi connectivity index (χ0n) is 12.3. The van der Waals surface area contributed by atoms with Crippen LogP contribution in [0.15, 0.2) is 0 Å². The zero-order valence-corrected chi connectivity index (χ0v) is 12.3. The van der Waals surface area contributed by atoms with Crippen LogP contribution in [0, 0.1) is 0 Å². The van der Waals surface area contributed by atoms with E-state index in [4.69, 9.17) is 4.74 Å². The van der Waals surface area contributed by atoms with Crippen LogP contribution in [0.25, 0.3) is 0 Å². The summed E-state index contributed by atoms with van der Waals surface area (Å²) >= 11 is 0. The summed E-state index contributed by atoms with van der Waals surface area (Å²) in [6.07, 6.45) is 3.07. The highest BCUT2D eigenvalue weighted by atomic mass is 16.5. The summed E-state index contributed by atoms with van der Waals surface area (Å²) in [6.45, 7) is 8.32. The second-order valence-corrected chi connectivity index (χ2v) is 4.34. The van der Waals surface area contributed by atoms with Crippen molar-refractivity contribution < 1.29 is 14.3 Å². The Hall–Kier alpha value is -1.14. The average Bonchev–Trinajstić information content (AvgIpc) is 2.37. The molecule has 112 valence electrons. The molecule has 1 unspecified atom stereocenters. The van der Waals surface area contributed by atoms with Crippen molar-refractivity contribution >= 4 is 11.9 Å². The molecule has 19 heavy (non-hydrogen) atoms. The lowest BCUT2D eigenvalue weighted by Crippen LogP contribution is -2.48. The Bertz CT molecular complexity index is 260. The summed E-state index contributed by atoms with van der Waals surface area (Å²) in [5, 5.41) is 7.82. The maximum absolute atomic E-state index is 11.6. The lowest BCUT2D eigenvalue weighted by molar-refractivity contribution is -0.121. The van der Waals surface area contributed by atoms with E-state index in [-0.39, 0.29) is 5.91 Å². The molecule has 0 aliphatic rings. The van der Waals surface area contributed by atoms with Gasteiger partial charge in [-0.1, -0.05) is 13.3 Å². The molecule has 0 rings (SSSR count). The smallest absolute Gasteiger partial charge is 0.321 e. The molecule has 0 fully saturated rings. The fraction of sp³-hybridized carbons (Fsp3) is 0.846. The molecule has 6 nitrogen and oxygen atoms in total. The summed E-state index contributed by atoms with van der Waals surface area (Å²) in [6, 6.07) is -0.845. The van der Waals surface area contributed by atoms with Gasteiger partial charge in [-0.2, -0.15) is 0 Å². The minimum absolute atomic E-state index is 0.321. The Kier molecular flexibility index (Phi) is 11.2. The van der Waals surface area contributed by atoms with Gasteiger partial charge in [-0.25, -0.2) is 4.79 Å². The molecule has 0 heterocycles. The third-order valence-corrected chi connectivity index (χ3v) is 2.53. The van der Waals surface area contributed by atoms with Crippen molar-refractivity contribution in [3.63, 3.8) is 0 Å². The summed E-state index contributed by atoms with van der Waals surface area (Å²) in [5.41, 5.74) is 0. The van der Waals surface area contributed by atoms with Gasteiger partial charge in [0.25, 0.3) is 0 Å². The first-order chi connectivity index (χ1) is 9.11. The molecule has 0 aromatic heterocycles. The second-order valence-electron chi connectivity index (χ2n) is 4.34. The number of carbonyl (C=O) groups is 2. The summed E-state index contributed by atoms with van der Waals surface area (Å²) in [7, 11) is 0. The molecule has 3 N–H and O–H groups in total. The lowest BCUT2D eigenvalue weighted by Gasteiger charge is -2.13. The van der Waals surface area contributed by atoms with Crippen molar-refractivity contribution in [1.82, 2.24) is 16.0 Å². The summed E-state index contributed by atoms with van der Waals surface area (Å²) in [4.78, 5) is 22.7. The highest BCUT2D eigenvalue weighted by Crippen LogP contribution is 1.90. The van der Waals surface area contributed by atoms with E-state index < -0.39 is 12.1 Å². The van der Waals surface area contributed by atoms with Crippen molar-refractivity contribution in [3.8, 4) is 0 Å². The molecular formula is C13H27N3O3. The predicted molar refractivity (Wildman–Crippen MR) is 75.0 cm³/mol. The van der Waals surface area contributed by atoms with Crippen LogP contribution in [0.5, 0.6) is 0 Å². The normalized spacial score (nSPS) is 11.9. The Morgan fingerprint density at radius 2 is 1.84 bits per heavy atom. The molecule has 0 saturated carbocycles. The molecule has 0 bridgehead atoms. The van der Waals surface area contributed by atoms with Crippen molar-refractivity contribution in [2.24, 2.45) is 0 Å². The highest BCUT2D eigenvalue weighted by Gasteiger charge is 2.14. The number of hydrogen-bond acceptors (Lipinski definition) is 4. The Morgan fingerprint density at radius 3 is 2.47 bits per heavy atom. The summed E-state index contributed by atoms with van der Waals surface area (Å²) in [5.74, 6) is -0.321. The van der Waals surface area contributed by atoms with Crippen molar-refractivity contribution in [2.75, 3.05) is 26.3 Å². The zero-order chi connectivity index (χ0) is 14.5. The molecule has 0 spiro atoms. The highest BCUT2D eigenvalue weighted by molar-refractivity contribution is 5.96. The van der Waals surface area contributed by atoms with Crippen molar-refractivity contribution in [2.45, 2.75) is 46.1 Å². The van der Waals surface area contributed by atoms with Crippen LogP contribution in [0.1, 0.15) is 40.0 Å². The number of imide groups is 1. The number of unbranched alkanes of at least 4 members (excludes halogenated alkanes) is 1. The van der Waals surface area contributed by atoms with E-state index >= 15 is 0 Å². The largest absolute Gasteiger partial charge is 0.381 e. The van der Waals surface area contributed by atoms with Gasteiger partial charge < -0.3 is 15.4 Å². The Labute approximate surface area is 115 Å². The third-order valence-electron chi connectivity index (χ3n) is 2.53. The van der Waals surface area contributed by atoms with Crippen molar-refractivity contribution in [3.05, 3.63) is 0 Å². The van der Waals surface area contributed by atoms with Gasteiger partial charge in [-0.15, -0.1) is 0 Å². The van der Waals surface area contributed by atoms with E-state index in [1.54, 1.807) is 13.8 Å². The summed E-state index contributed by atoms with van der Waals surface area (Å²) < 4.78 is 5.41. The number of amides is 3. The van der Waals surface area contributed by atoms with Gasteiger partial charge in [0.2, 0.25) is 5.91 Å². The number of hydrogen-bond donors (Lipinski definition) is 3. The molecule has 0 aliphatic heterocycles. The van der Waals surface area contributed by atoms with Crippen LogP contribution in [0.4, 0.5) is 4.79 Å². The van der Waals surface area contributed by atoms with Crippen LogP contribution < -0.4 is 16.0 Å². The monoisotopic (exact) mass is 273 g/mol.